The Morgan fingerprint density at radius 3 is 2.08 bits per heavy atom. The fourth-order valence-corrected chi connectivity index (χ4v) is 6.62. The molecule has 0 spiro atoms. The minimum atomic E-state index is -1.04. The fourth-order valence-electron chi connectivity index (χ4n) is 6.62. The third kappa shape index (κ3) is 9.85. The number of amides is 5. The zero-order chi connectivity index (χ0) is 36.8. The molecule has 1 aliphatic heterocycles. The number of likely N-dealkylation sites (tertiary alicyclic amines) is 1. The first-order valence-corrected chi connectivity index (χ1v) is 17.6. The summed E-state index contributed by atoms with van der Waals surface area (Å²) in [5.41, 5.74) is -1.45. The fraction of sp³-hybridized carbons (Fsp3) is 0.722. The van der Waals surface area contributed by atoms with Crippen LogP contribution in [0.4, 0.5) is 0 Å². The van der Waals surface area contributed by atoms with Gasteiger partial charge in [0.05, 0.1) is 12.2 Å². The Kier molecular flexibility index (Phi) is 13.1. The van der Waals surface area contributed by atoms with Gasteiger partial charge in [0.2, 0.25) is 23.5 Å². The van der Waals surface area contributed by atoms with Gasteiger partial charge >= 0.3 is 0 Å². The summed E-state index contributed by atoms with van der Waals surface area (Å²) in [6.45, 7) is 18.8. The summed E-state index contributed by atoms with van der Waals surface area (Å²) < 4.78 is 0. The van der Waals surface area contributed by atoms with Crippen LogP contribution in [0.5, 0.6) is 0 Å². The summed E-state index contributed by atoms with van der Waals surface area (Å²) in [5.74, 6) is -3.35. The van der Waals surface area contributed by atoms with Gasteiger partial charge in [0, 0.05) is 25.0 Å². The lowest BCUT2D eigenvalue weighted by Crippen LogP contribution is -2.63. The maximum Gasteiger partial charge on any atom is 0.289 e. The number of fused-ring (bicyclic) bond motifs is 1. The first kappa shape index (κ1) is 39.5. The molecule has 3 rings (SSSR count). The van der Waals surface area contributed by atoms with Gasteiger partial charge in [-0.2, -0.15) is 0 Å². The summed E-state index contributed by atoms with van der Waals surface area (Å²) in [6.07, 6.45) is 7.50. The van der Waals surface area contributed by atoms with E-state index in [1.165, 1.54) is 18.6 Å². The second kappa shape index (κ2) is 16.2. The number of nitrogens with zero attached hydrogens (tertiary/aromatic N) is 3. The highest BCUT2D eigenvalue weighted by atomic mass is 16.2. The summed E-state index contributed by atoms with van der Waals surface area (Å²) >= 11 is 0. The standard InChI is InChI=1S/C36H57N7O6/c1-11-13-24(27(44)32(47)39-21(4)20(2)3)40-31(46)26-23-15-12-14-22(23)19-43(26)34(49)29(36(8,9)10)42-33(48)28(35(5,6)7)41-30(45)25-18-37-16-17-38-25/h16-18,20-24,26,28-29H,11-15,19H2,1-10H3,(H,39,47)(H,40,46)(H,41,45)(H,42,48)/t21-,22-,23-,24-,26-,28-,29-/m0/s1. The van der Waals surface area contributed by atoms with E-state index in [4.69, 9.17) is 0 Å². The van der Waals surface area contributed by atoms with E-state index in [-0.39, 0.29) is 35.9 Å². The van der Waals surface area contributed by atoms with Crippen molar-refractivity contribution in [1.29, 1.82) is 0 Å². The highest BCUT2D eigenvalue weighted by molar-refractivity contribution is 6.38. The van der Waals surface area contributed by atoms with Crippen LogP contribution in [0.1, 0.15) is 112 Å². The molecule has 1 aliphatic carbocycles. The van der Waals surface area contributed by atoms with Crippen LogP contribution in [0.2, 0.25) is 0 Å². The third-order valence-corrected chi connectivity index (χ3v) is 9.83. The molecule has 4 N–H and O–H groups in total. The summed E-state index contributed by atoms with van der Waals surface area (Å²) in [4.78, 5) is 91.2. The Labute approximate surface area is 290 Å². The minimum Gasteiger partial charge on any atom is -0.347 e. The van der Waals surface area contributed by atoms with Gasteiger partial charge in [-0.3, -0.25) is 33.8 Å². The van der Waals surface area contributed by atoms with Gasteiger partial charge < -0.3 is 26.2 Å². The number of nitrogens with one attached hydrogen (secondary N) is 4. The number of rotatable bonds is 13. The van der Waals surface area contributed by atoms with Crippen molar-refractivity contribution in [3.8, 4) is 0 Å². The molecule has 1 aromatic heterocycles. The van der Waals surface area contributed by atoms with E-state index in [1.807, 2.05) is 69.2 Å². The number of aromatic nitrogens is 2. The van der Waals surface area contributed by atoms with Crippen LogP contribution >= 0.6 is 0 Å². The zero-order valence-corrected chi connectivity index (χ0v) is 30.9. The lowest BCUT2D eigenvalue weighted by atomic mass is 9.82. The molecular formula is C36H57N7O6. The van der Waals surface area contributed by atoms with Crippen molar-refractivity contribution in [1.82, 2.24) is 36.1 Å². The molecule has 49 heavy (non-hydrogen) atoms. The van der Waals surface area contributed by atoms with Crippen molar-refractivity contribution in [3.05, 3.63) is 24.3 Å². The van der Waals surface area contributed by atoms with Crippen LogP contribution < -0.4 is 21.3 Å². The van der Waals surface area contributed by atoms with Gasteiger partial charge in [-0.25, -0.2) is 4.98 Å². The Morgan fingerprint density at radius 2 is 1.53 bits per heavy atom. The topological polar surface area (TPSA) is 180 Å². The van der Waals surface area contributed by atoms with Gasteiger partial charge in [0.25, 0.3) is 11.8 Å². The number of hydrogen-bond acceptors (Lipinski definition) is 8. The molecule has 7 atom stereocenters. The van der Waals surface area contributed by atoms with E-state index in [2.05, 4.69) is 31.2 Å². The number of carbonyl (C=O) groups is 6. The van der Waals surface area contributed by atoms with Crippen LogP contribution in [0, 0.1) is 28.6 Å². The van der Waals surface area contributed by atoms with Gasteiger partial charge in [-0.05, 0) is 54.8 Å². The number of ketones is 1. The second-order valence-corrected chi connectivity index (χ2v) is 16.2. The van der Waals surface area contributed by atoms with E-state index < -0.39 is 70.3 Å². The van der Waals surface area contributed by atoms with Crippen molar-refractivity contribution < 1.29 is 28.8 Å². The Bertz CT molecular complexity index is 1370. The van der Waals surface area contributed by atoms with E-state index >= 15 is 0 Å². The van der Waals surface area contributed by atoms with Gasteiger partial charge in [0.15, 0.2) is 0 Å². The Morgan fingerprint density at radius 1 is 0.878 bits per heavy atom. The summed E-state index contributed by atoms with van der Waals surface area (Å²) in [7, 11) is 0. The molecule has 1 saturated carbocycles. The van der Waals surface area contributed by atoms with E-state index in [0.29, 0.717) is 13.0 Å². The molecule has 1 saturated heterocycles. The summed E-state index contributed by atoms with van der Waals surface area (Å²) in [6, 6.07) is -4.18. The molecule has 0 bridgehead atoms. The van der Waals surface area contributed by atoms with Crippen molar-refractivity contribution in [3.63, 3.8) is 0 Å². The SMILES string of the molecule is CCC[C@H](NC(=O)[C@@H]1[C@H]2CCC[C@H]2CN1C(=O)[C@H](NC(=O)[C@H](NC(=O)c1cnccn1)C(C)(C)C)C(C)(C)C)C(=O)C(=O)N[C@@H](C)C(C)C. The molecule has 2 heterocycles. The van der Waals surface area contributed by atoms with Crippen LogP contribution in [0.3, 0.4) is 0 Å². The first-order chi connectivity index (χ1) is 22.8. The van der Waals surface area contributed by atoms with Crippen molar-refractivity contribution >= 4 is 35.3 Å². The van der Waals surface area contributed by atoms with Gasteiger partial charge in [-0.1, -0.05) is 75.2 Å². The molecule has 2 fully saturated rings. The molecule has 272 valence electrons. The Balaban J connectivity index is 1.87. The molecule has 13 nitrogen and oxygen atoms in total. The predicted octanol–water partition coefficient (Wildman–Crippen LogP) is 2.79. The molecule has 13 heteroatoms. The minimum absolute atomic E-state index is 0.0530. The first-order valence-electron chi connectivity index (χ1n) is 17.6. The number of Topliss-reactive ketones (excluding diaryl/α,β-unsaturated/α-hetero) is 1. The lowest BCUT2D eigenvalue weighted by Gasteiger charge is -2.38. The van der Waals surface area contributed by atoms with Crippen LogP contribution in [-0.4, -0.2) is 86.9 Å². The average molecular weight is 684 g/mol. The smallest absolute Gasteiger partial charge is 0.289 e. The van der Waals surface area contributed by atoms with Crippen molar-refractivity contribution in [2.45, 2.75) is 132 Å². The van der Waals surface area contributed by atoms with Gasteiger partial charge in [0.1, 0.15) is 23.8 Å². The van der Waals surface area contributed by atoms with Gasteiger partial charge in [-0.15, -0.1) is 0 Å². The molecule has 2 aliphatic rings. The quantitative estimate of drug-likeness (QED) is 0.229. The zero-order valence-electron chi connectivity index (χ0n) is 30.9. The second-order valence-electron chi connectivity index (χ2n) is 16.2. The summed E-state index contributed by atoms with van der Waals surface area (Å²) in [5, 5.41) is 11.3. The highest BCUT2D eigenvalue weighted by Gasteiger charge is 2.52. The molecular weight excluding hydrogens is 626 g/mol. The van der Waals surface area contributed by atoms with Crippen molar-refractivity contribution in [2.75, 3.05) is 6.54 Å². The largest absolute Gasteiger partial charge is 0.347 e. The molecule has 1 aromatic rings. The average Bonchev–Trinajstić information content (AvgIpc) is 3.62. The number of hydrogen-bond donors (Lipinski definition) is 4. The normalized spacial score (nSPS) is 21.6. The maximum atomic E-state index is 14.5. The maximum absolute atomic E-state index is 14.5. The molecule has 5 amide bonds. The number of carbonyl (C=O) groups excluding carboxylic acids is 6. The lowest BCUT2D eigenvalue weighted by molar-refractivity contribution is -0.146. The molecule has 0 unspecified atom stereocenters. The van der Waals surface area contributed by atoms with E-state index in [1.54, 1.807) is 4.90 Å². The van der Waals surface area contributed by atoms with E-state index in [0.717, 1.165) is 19.3 Å². The van der Waals surface area contributed by atoms with E-state index in [9.17, 15) is 28.8 Å². The predicted molar refractivity (Wildman–Crippen MR) is 185 cm³/mol. The Hall–Kier alpha value is -3.90. The van der Waals surface area contributed by atoms with Crippen LogP contribution in [0.15, 0.2) is 18.6 Å². The monoisotopic (exact) mass is 683 g/mol. The molecule has 0 aromatic carbocycles. The third-order valence-electron chi connectivity index (χ3n) is 9.83. The van der Waals surface area contributed by atoms with Crippen LogP contribution in [0.25, 0.3) is 0 Å². The van der Waals surface area contributed by atoms with Crippen LogP contribution in [-0.2, 0) is 24.0 Å². The highest BCUT2D eigenvalue weighted by Crippen LogP contribution is 2.43. The molecule has 0 radical (unpaired) electrons. The van der Waals surface area contributed by atoms with Crippen molar-refractivity contribution in [2.24, 2.45) is 28.6 Å².